The SMILES string of the molecule is CNCCC(c1cccc(C(F)(F)F)c1)N1CCc2ccccc21. The van der Waals surface area contributed by atoms with Crippen LogP contribution in [0.1, 0.15) is 29.2 Å². The maximum Gasteiger partial charge on any atom is 0.416 e. The Kier molecular flexibility index (Phi) is 4.81. The van der Waals surface area contributed by atoms with Crippen molar-refractivity contribution in [2.24, 2.45) is 0 Å². The van der Waals surface area contributed by atoms with Crippen molar-refractivity contribution in [1.82, 2.24) is 5.32 Å². The van der Waals surface area contributed by atoms with Gasteiger partial charge < -0.3 is 10.2 Å². The molecule has 1 heterocycles. The molecule has 0 aromatic heterocycles. The lowest BCUT2D eigenvalue weighted by Gasteiger charge is -2.31. The van der Waals surface area contributed by atoms with Crippen LogP contribution in [0, 0.1) is 0 Å². The highest BCUT2D eigenvalue weighted by molar-refractivity contribution is 5.59. The number of anilines is 1. The van der Waals surface area contributed by atoms with Crippen LogP contribution in [0.5, 0.6) is 0 Å². The zero-order valence-electron chi connectivity index (χ0n) is 13.6. The van der Waals surface area contributed by atoms with Crippen molar-refractivity contribution < 1.29 is 13.2 Å². The average molecular weight is 334 g/mol. The standard InChI is InChI=1S/C19H21F3N2/c1-23-11-9-18(15-6-4-7-16(13-15)19(20,21)22)24-12-10-14-5-2-3-8-17(14)24/h2-8,13,18,23H,9-12H2,1H3. The first-order chi connectivity index (χ1) is 11.5. The highest BCUT2D eigenvalue weighted by atomic mass is 19.4. The summed E-state index contributed by atoms with van der Waals surface area (Å²) in [5.74, 6) is 0. The van der Waals surface area contributed by atoms with Crippen molar-refractivity contribution in [3.63, 3.8) is 0 Å². The number of halogens is 3. The molecule has 1 aliphatic rings. The number of para-hydroxylation sites is 1. The fraction of sp³-hybridized carbons (Fsp3) is 0.368. The Balaban J connectivity index is 1.96. The van der Waals surface area contributed by atoms with Gasteiger partial charge in [0.2, 0.25) is 0 Å². The molecule has 1 atom stereocenters. The molecule has 1 aliphatic heterocycles. The lowest BCUT2D eigenvalue weighted by Crippen LogP contribution is -2.29. The molecule has 0 amide bonds. The first kappa shape index (κ1) is 16.8. The Morgan fingerprint density at radius 2 is 1.92 bits per heavy atom. The lowest BCUT2D eigenvalue weighted by molar-refractivity contribution is -0.137. The molecule has 2 aromatic rings. The second kappa shape index (κ2) is 6.85. The first-order valence-electron chi connectivity index (χ1n) is 8.17. The minimum Gasteiger partial charge on any atom is -0.364 e. The quantitative estimate of drug-likeness (QED) is 0.871. The Morgan fingerprint density at radius 1 is 1.12 bits per heavy atom. The third-order valence-electron chi connectivity index (χ3n) is 4.57. The smallest absolute Gasteiger partial charge is 0.364 e. The summed E-state index contributed by atoms with van der Waals surface area (Å²) in [6, 6.07) is 13.8. The minimum atomic E-state index is -4.31. The van der Waals surface area contributed by atoms with E-state index < -0.39 is 11.7 Å². The molecule has 24 heavy (non-hydrogen) atoms. The summed E-state index contributed by atoms with van der Waals surface area (Å²) in [6.45, 7) is 1.59. The summed E-state index contributed by atoms with van der Waals surface area (Å²) in [5, 5.41) is 3.11. The van der Waals surface area contributed by atoms with Crippen LogP contribution in [0.3, 0.4) is 0 Å². The number of alkyl halides is 3. The van der Waals surface area contributed by atoms with Gasteiger partial charge >= 0.3 is 6.18 Å². The van der Waals surface area contributed by atoms with Gasteiger partial charge in [0.25, 0.3) is 0 Å². The van der Waals surface area contributed by atoms with Crippen LogP contribution in [0.25, 0.3) is 0 Å². The van der Waals surface area contributed by atoms with E-state index in [1.54, 1.807) is 6.07 Å². The highest BCUT2D eigenvalue weighted by Gasteiger charge is 2.32. The number of benzene rings is 2. The molecule has 0 fully saturated rings. The summed E-state index contributed by atoms with van der Waals surface area (Å²) >= 11 is 0. The monoisotopic (exact) mass is 334 g/mol. The van der Waals surface area contributed by atoms with E-state index in [-0.39, 0.29) is 6.04 Å². The van der Waals surface area contributed by atoms with E-state index >= 15 is 0 Å². The van der Waals surface area contributed by atoms with Crippen molar-refractivity contribution in [1.29, 1.82) is 0 Å². The van der Waals surface area contributed by atoms with Gasteiger partial charge in [-0.3, -0.25) is 0 Å². The number of nitrogens with zero attached hydrogens (tertiary/aromatic N) is 1. The molecule has 128 valence electrons. The number of fused-ring (bicyclic) bond motifs is 1. The van der Waals surface area contributed by atoms with E-state index in [2.05, 4.69) is 22.3 Å². The summed E-state index contributed by atoms with van der Waals surface area (Å²) in [7, 11) is 1.86. The van der Waals surface area contributed by atoms with Crippen LogP contribution in [0.15, 0.2) is 48.5 Å². The first-order valence-corrected chi connectivity index (χ1v) is 8.17. The lowest BCUT2D eigenvalue weighted by atomic mass is 9.99. The fourth-order valence-corrected chi connectivity index (χ4v) is 3.39. The number of nitrogens with one attached hydrogen (secondary N) is 1. The van der Waals surface area contributed by atoms with Crippen molar-refractivity contribution in [3.05, 3.63) is 65.2 Å². The Bertz CT molecular complexity index is 697. The molecule has 0 saturated carbocycles. The van der Waals surface area contributed by atoms with Crippen LogP contribution in [0.4, 0.5) is 18.9 Å². The highest BCUT2D eigenvalue weighted by Crippen LogP contribution is 2.38. The van der Waals surface area contributed by atoms with E-state index in [9.17, 15) is 13.2 Å². The molecule has 1 unspecified atom stereocenters. The normalized spacial score (nSPS) is 15.4. The summed E-state index contributed by atoms with van der Waals surface area (Å²) < 4.78 is 39.2. The van der Waals surface area contributed by atoms with Crippen molar-refractivity contribution >= 4 is 5.69 Å². The summed E-state index contributed by atoms with van der Waals surface area (Å²) in [4.78, 5) is 2.24. The Labute approximate surface area is 140 Å². The minimum absolute atomic E-state index is 0.0663. The van der Waals surface area contributed by atoms with Crippen LogP contribution in [-0.2, 0) is 12.6 Å². The molecule has 2 nitrogen and oxygen atoms in total. The zero-order valence-corrected chi connectivity index (χ0v) is 13.6. The van der Waals surface area contributed by atoms with Gasteiger partial charge in [0.15, 0.2) is 0 Å². The van der Waals surface area contributed by atoms with Crippen LogP contribution in [0.2, 0.25) is 0 Å². The summed E-state index contributed by atoms with van der Waals surface area (Å²) in [5.41, 5.74) is 2.54. The molecular formula is C19H21F3N2. The maximum atomic E-state index is 13.1. The number of rotatable bonds is 5. The van der Waals surface area contributed by atoms with Crippen molar-refractivity contribution in [2.75, 3.05) is 25.0 Å². The molecule has 0 spiro atoms. The van der Waals surface area contributed by atoms with E-state index in [0.29, 0.717) is 0 Å². The van der Waals surface area contributed by atoms with Gasteiger partial charge in [0.05, 0.1) is 11.6 Å². The van der Waals surface area contributed by atoms with Crippen LogP contribution >= 0.6 is 0 Å². The third kappa shape index (κ3) is 3.41. The van der Waals surface area contributed by atoms with Gasteiger partial charge in [0, 0.05) is 12.2 Å². The predicted molar refractivity (Wildman–Crippen MR) is 90.2 cm³/mol. The van der Waals surface area contributed by atoms with Gasteiger partial charge in [0.1, 0.15) is 0 Å². The Hall–Kier alpha value is -2.01. The van der Waals surface area contributed by atoms with Crippen LogP contribution in [-0.4, -0.2) is 20.1 Å². The molecule has 0 aliphatic carbocycles. The zero-order chi connectivity index (χ0) is 17.2. The third-order valence-corrected chi connectivity index (χ3v) is 4.57. The molecule has 3 rings (SSSR count). The van der Waals surface area contributed by atoms with E-state index in [1.165, 1.54) is 17.7 Å². The Morgan fingerprint density at radius 3 is 2.67 bits per heavy atom. The van der Waals surface area contributed by atoms with Gasteiger partial charge in [-0.1, -0.05) is 30.3 Å². The molecule has 0 radical (unpaired) electrons. The average Bonchev–Trinajstić information content (AvgIpc) is 2.99. The second-order valence-corrected chi connectivity index (χ2v) is 6.10. The number of hydrogen-bond donors (Lipinski definition) is 1. The fourth-order valence-electron chi connectivity index (χ4n) is 3.39. The largest absolute Gasteiger partial charge is 0.416 e. The molecule has 0 saturated heterocycles. The second-order valence-electron chi connectivity index (χ2n) is 6.10. The van der Waals surface area contributed by atoms with E-state index in [0.717, 1.165) is 43.2 Å². The van der Waals surface area contributed by atoms with Gasteiger partial charge in [-0.15, -0.1) is 0 Å². The maximum absolute atomic E-state index is 13.1. The van der Waals surface area contributed by atoms with Gasteiger partial charge in [-0.25, -0.2) is 0 Å². The topological polar surface area (TPSA) is 15.3 Å². The molecule has 0 bridgehead atoms. The predicted octanol–water partition coefficient (Wildman–Crippen LogP) is 4.42. The summed E-state index contributed by atoms with van der Waals surface area (Å²) in [6.07, 6.45) is -2.62. The molecule has 2 aromatic carbocycles. The molecular weight excluding hydrogens is 313 g/mol. The van der Waals surface area contributed by atoms with E-state index in [4.69, 9.17) is 0 Å². The van der Waals surface area contributed by atoms with Gasteiger partial charge in [-0.2, -0.15) is 13.2 Å². The molecule has 5 heteroatoms. The van der Waals surface area contributed by atoms with Crippen molar-refractivity contribution in [2.45, 2.75) is 25.1 Å². The van der Waals surface area contributed by atoms with Crippen LogP contribution < -0.4 is 10.2 Å². The van der Waals surface area contributed by atoms with E-state index in [1.807, 2.05) is 19.2 Å². The molecule has 1 N–H and O–H groups in total. The van der Waals surface area contributed by atoms with Crippen molar-refractivity contribution in [3.8, 4) is 0 Å². The number of hydrogen-bond acceptors (Lipinski definition) is 2. The van der Waals surface area contributed by atoms with Gasteiger partial charge in [-0.05, 0) is 55.8 Å².